The van der Waals surface area contributed by atoms with Crippen molar-refractivity contribution in [3.8, 4) is 6.07 Å². The molecule has 0 aromatic heterocycles. The Bertz CT molecular complexity index is 992. The SMILES string of the molecule is CC[C@]1(O)CCC2(C)C(=CCC3C2CCC2(C)C(CCCC(O)c4ccc(C#N)cc4)CCC32)C1. The molecule has 3 saturated carbocycles. The van der Waals surface area contributed by atoms with E-state index in [9.17, 15) is 10.2 Å². The Labute approximate surface area is 212 Å². The van der Waals surface area contributed by atoms with Crippen molar-refractivity contribution in [1.29, 1.82) is 5.26 Å². The van der Waals surface area contributed by atoms with E-state index in [0.29, 0.717) is 16.4 Å². The quantitative estimate of drug-likeness (QED) is 0.419. The zero-order chi connectivity index (χ0) is 24.8. The molecule has 8 atom stereocenters. The molecule has 0 saturated heterocycles. The summed E-state index contributed by atoms with van der Waals surface area (Å²) >= 11 is 0. The predicted molar refractivity (Wildman–Crippen MR) is 140 cm³/mol. The second kappa shape index (κ2) is 9.35. The van der Waals surface area contributed by atoms with Gasteiger partial charge in [0.25, 0.3) is 0 Å². The third kappa shape index (κ3) is 4.30. The fourth-order valence-corrected chi connectivity index (χ4v) is 9.10. The lowest BCUT2D eigenvalue weighted by Crippen LogP contribution is -2.52. The van der Waals surface area contributed by atoms with Crippen LogP contribution in [0, 0.1) is 45.8 Å². The van der Waals surface area contributed by atoms with Crippen LogP contribution in [0.1, 0.15) is 115 Å². The molecule has 0 bridgehead atoms. The number of fused-ring (bicyclic) bond motifs is 5. The summed E-state index contributed by atoms with van der Waals surface area (Å²) in [7, 11) is 0. The number of allylic oxidation sites excluding steroid dienone is 1. The monoisotopic (exact) mass is 475 g/mol. The van der Waals surface area contributed by atoms with E-state index < -0.39 is 11.7 Å². The molecule has 35 heavy (non-hydrogen) atoms. The van der Waals surface area contributed by atoms with Gasteiger partial charge in [-0.05, 0) is 123 Å². The van der Waals surface area contributed by atoms with Gasteiger partial charge in [-0.2, -0.15) is 5.26 Å². The standard InChI is InChI=1S/C32H45NO2/c1-4-32(35)19-18-31(3)25(20-32)12-14-26-27-15-13-24(30(27,2)17-16-28(26)31)6-5-7-29(34)23-10-8-22(21-33)9-11-23/h8-12,24,26-29,34-35H,4-7,13-20H2,1-3H3/t24?,26?,27?,28?,29?,30?,31?,32-/m0/s1. The van der Waals surface area contributed by atoms with Gasteiger partial charge in [0.15, 0.2) is 0 Å². The van der Waals surface area contributed by atoms with Gasteiger partial charge >= 0.3 is 0 Å². The van der Waals surface area contributed by atoms with Crippen molar-refractivity contribution in [3.63, 3.8) is 0 Å². The van der Waals surface area contributed by atoms with Crippen molar-refractivity contribution in [2.45, 2.75) is 110 Å². The summed E-state index contributed by atoms with van der Waals surface area (Å²) in [6.07, 6.45) is 15.8. The Morgan fingerprint density at radius 3 is 2.54 bits per heavy atom. The normalized spacial score (nSPS) is 41.2. The van der Waals surface area contributed by atoms with Gasteiger partial charge in [-0.15, -0.1) is 0 Å². The maximum absolute atomic E-state index is 11.0. The van der Waals surface area contributed by atoms with E-state index in [-0.39, 0.29) is 0 Å². The summed E-state index contributed by atoms with van der Waals surface area (Å²) in [5.41, 5.74) is 3.43. The number of rotatable bonds is 6. The molecule has 0 aliphatic heterocycles. The first kappa shape index (κ1) is 25.0. The number of aliphatic hydroxyl groups excluding tert-OH is 1. The van der Waals surface area contributed by atoms with E-state index in [0.717, 1.165) is 67.8 Å². The van der Waals surface area contributed by atoms with E-state index in [4.69, 9.17) is 5.26 Å². The van der Waals surface area contributed by atoms with Crippen LogP contribution < -0.4 is 0 Å². The fourth-order valence-electron chi connectivity index (χ4n) is 9.10. The second-order valence-electron chi connectivity index (χ2n) is 13.0. The first-order valence-corrected chi connectivity index (χ1v) is 14.3. The number of nitrogens with zero attached hydrogens (tertiary/aromatic N) is 1. The Hall–Kier alpha value is -1.63. The van der Waals surface area contributed by atoms with Crippen LogP contribution >= 0.6 is 0 Å². The minimum Gasteiger partial charge on any atom is -0.390 e. The number of aliphatic hydroxyl groups is 2. The molecule has 7 unspecified atom stereocenters. The molecule has 3 nitrogen and oxygen atoms in total. The molecular weight excluding hydrogens is 430 g/mol. The van der Waals surface area contributed by atoms with E-state index >= 15 is 0 Å². The molecule has 1 aromatic rings. The highest BCUT2D eigenvalue weighted by molar-refractivity contribution is 5.32. The maximum atomic E-state index is 11.0. The topological polar surface area (TPSA) is 64.2 Å². The van der Waals surface area contributed by atoms with Crippen LogP contribution in [0.25, 0.3) is 0 Å². The Morgan fingerprint density at radius 2 is 1.83 bits per heavy atom. The van der Waals surface area contributed by atoms with E-state index in [1.807, 2.05) is 12.1 Å². The average molecular weight is 476 g/mol. The zero-order valence-electron chi connectivity index (χ0n) is 22.1. The summed E-state index contributed by atoms with van der Waals surface area (Å²) in [5, 5.41) is 30.7. The number of hydrogen-bond acceptors (Lipinski definition) is 3. The van der Waals surface area contributed by atoms with Crippen molar-refractivity contribution in [2.24, 2.45) is 34.5 Å². The third-order valence-corrected chi connectivity index (χ3v) is 11.6. The molecule has 3 heteroatoms. The van der Waals surface area contributed by atoms with Crippen LogP contribution in [0.3, 0.4) is 0 Å². The zero-order valence-corrected chi connectivity index (χ0v) is 22.1. The Balaban J connectivity index is 1.22. The van der Waals surface area contributed by atoms with E-state index in [1.54, 1.807) is 17.7 Å². The third-order valence-electron chi connectivity index (χ3n) is 11.6. The Morgan fingerprint density at radius 1 is 1.06 bits per heavy atom. The molecule has 0 heterocycles. The van der Waals surface area contributed by atoms with Gasteiger partial charge in [-0.1, -0.05) is 51.0 Å². The number of nitriles is 1. The molecule has 0 radical (unpaired) electrons. The molecule has 5 rings (SSSR count). The molecule has 4 aliphatic carbocycles. The first-order valence-electron chi connectivity index (χ1n) is 14.3. The highest BCUT2D eigenvalue weighted by atomic mass is 16.3. The van der Waals surface area contributed by atoms with E-state index in [2.05, 4.69) is 32.9 Å². The fraction of sp³-hybridized carbons (Fsp3) is 0.719. The maximum Gasteiger partial charge on any atom is 0.0991 e. The van der Waals surface area contributed by atoms with E-state index in [1.165, 1.54) is 38.5 Å². The van der Waals surface area contributed by atoms with Crippen molar-refractivity contribution < 1.29 is 10.2 Å². The highest BCUT2D eigenvalue weighted by Crippen LogP contribution is 2.67. The van der Waals surface area contributed by atoms with Crippen molar-refractivity contribution >= 4 is 0 Å². The minimum absolute atomic E-state index is 0.301. The lowest BCUT2D eigenvalue weighted by molar-refractivity contribution is -0.0718. The molecule has 0 spiro atoms. The molecular formula is C32H45NO2. The van der Waals surface area contributed by atoms with Gasteiger partial charge in [0, 0.05) is 0 Å². The Kier molecular flexibility index (Phi) is 6.69. The molecule has 4 aliphatic rings. The molecule has 2 N–H and O–H groups in total. The largest absolute Gasteiger partial charge is 0.390 e. The number of hydrogen-bond donors (Lipinski definition) is 2. The lowest BCUT2D eigenvalue weighted by Gasteiger charge is -2.59. The van der Waals surface area contributed by atoms with Gasteiger partial charge in [0.05, 0.1) is 23.3 Å². The van der Waals surface area contributed by atoms with Gasteiger partial charge in [-0.3, -0.25) is 0 Å². The minimum atomic E-state index is -0.470. The second-order valence-corrected chi connectivity index (χ2v) is 13.0. The first-order chi connectivity index (χ1) is 16.7. The van der Waals surface area contributed by atoms with Gasteiger partial charge in [0.2, 0.25) is 0 Å². The van der Waals surface area contributed by atoms with Crippen LogP contribution in [-0.2, 0) is 0 Å². The van der Waals surface area contributed by atoms with Crippen LogP contribution in [0.15, 0.2) is 35.9 Å². The van der Waals surface area contributed by atoms with Crippen LogP contribution in [0.4, 0.5) is 0 Å². The van der Waals surface area contributed by atoms with Crippen LogP contribution in [0.5, 0.6) is 0 Å². The summed E-state index contributed by atoms with van der Waals surface area (Å²) in [6.45, 7) is 7.27. The number of benzene rings is 1. The van der Waals surface area contributed by atoms with Crippen molar-refractivity contribution in [3.05, 3.63) is 47.0 Å². The summed E-state index contributed by atoms with van der Waals surface area (Å²) in [5.74, 6) is 3.20. The molecule has 190 valence electrons. The lowest BCUT2D eigenvalue weighted by atomic mass is 9.46. The van der Waals surface area contributed by atoms with Gasteiger partial charge < -0.3 is 10.2 Å². The molecule has 3 fully saturated rings. The summed E-state index contributed by atoms with van der Waals surface area (Å²) < 4.78 is 0. The van der Waals surface area contributed by atoms with Crippen molar-refractivity contribution in [1.82, 2.24) is 0 Å². The van der Waals surface area contributed by atoms with Gasteiger partial charge in [0.1, 0.15) is 0 Å². The van der Waals surface area contributed by atoms with Crippen LogP contribution in [-0.4, -0.2) is 15.8 Å². The van der Waals surface area contributed by atoms with Crippen LogP contribution in [0.2, 0.25) is 0 Å². The van der Waals surface area contributed by atoms with Gasteiger partial charge in [-0.25, -0.2) is 0 Å². The predicted octanol–water partition coefficient (Wildman–Crippen LogP) is 7.48. The highest BCUT2D eigenvalue weighted by Gasteiger charge is 2.59. The smallest absolute Gasteiger partial charge is 0.0991 e. The molecule has 0 amide bonds. The summed E-state index contributed by atoms with van der Waals surface area (Å²) in [4.78, 5) is 0. The average Bonchev–Trinajstić information content (AvgIpc) is 3.21. The summed E-state index contributed by atoms with van der Waals surface area (Å²) in [6, 6.07) is 9.56. The van der Waals surface area contributed by atoms with Crippen molar-refractivity contribution in [2.75, 3.05) is 0 Å². The molecule has 1 aromatic carbocycles.